The van der Waals surface area contributed by atoms with Crippen molar-refractivity contribution in [3.05, 3.63) is 0 Å². The molecule has 0 aromatic heterocycles. The lowest BCUT2D eigenvalue weighted by Gasteiger charge is -2.30. The molecule has 0 radical (unpaired) electrons. The normalized spacial score (nSPS) is 50.8. The number of hydrogen-bond donors (Lipinski definition) is 1. The first-order valence-electron chi connectivity index (χ1n) is 6.03. The number of aliphatic hydroxyl groups is 1. The van der Waals surface area contributed by atoms with Crippen molar-refractivity contribution in [3.63, 3.8) is 0 Å². The van der Waals surface area contributed by atoms with Crippen LogP contribution in [-0.4, -0.2) is 35.2 Å². The third kappa shape index (κ3) is 1.10. The minimum absolute atomic E-state index is 0.0318. The van der Waals surface area contributed by atoms with Gasteiger partial charge in [-0.1, -0.05) is 13.8 Å². The maximum Gasteiger partial charge on any atom is 0.0695 e. The first-order valence-corrected chi connectivity index (χ1v) is 6.03. The number of fused-ring (bicyclic) bond motifs is 1. The Kier molecular flexibility index (Phi) is 1.79. The molecule has 3 rings (SSSR count). The molecule has 2 nitrogen and oxygen atoms in total. The summed E-state index contributed by atoms with van der Waals surface area (Å²) in [5.74, 6) is 1.85. The molecule has 3 fully saturated rings. The lowest BCUT2D eigenvalue weighted by Crippen LogP contribution is -2.41. The summed E-state index contributed by atoms with van der Waals surface area (Å²) in [5.41, 5.74) is 0.611. The fourth-order valence-electron chi connectivity index (χ4n) is 3.78. The molecule has 3 aliphatic rings. The second-order valence-corrected chi connectivity index (χ2v) is 6.05. The van der Waals surface area contributed by atoms with E-state index in [0.29, 0.717) is 11.5 Å². The molecule has 4 atom stereocenters. The zero-order chi connectivity index (χ0) is 9.92. The average molecular weight is 195 g/mol. The molecule has 0 aromatic rings. The lowest BCUT2D eigenvalue weighted by atomic mass is 10.0. The lowest BCUT2D eigenvalue weighted by molar-refractivity contribution is 0.0714. The highest BCUT2D eigenvalue weighted by Gasteiger charge is 2.62. The maximum atomic E-state index is 9.84. The molecule has 0 amide bonds. The van der Waals surface area contributed by atoms with E-state index >= 15 is 0 Å². The smallest absolute Gasteiger partial charge is 0.0695 e. The fraction of sp³-hybridized carbons (Fsp3) is 1.00. The summed E-state index contributed by atoms with van der Waals surface area (Å²) in [6, 6.07) is 0.499. The van der Waals surface area contributed by atoms with Gasteiger partial charge in [-0.3, -0.25) is 4.90 Å². The van der Waals surface area contributed by atoms with E-state index in [2.05, 4.69) is 18.7 Å². The number of piperidine rings is 1. The van der Waals surface area contributed by atoms with Crippen LogP contribution in [0.15, 0.2) is 0 Å². The minimum atomic E-state index is -0.0318. The molecule has 2 aliphatic carbocycles. The van der Waals surface area contributed by atoms with Crippen LogP contribution >= 0.6 is 0 Å². The Bertz CT molecular complexity index is 237. The van der Waals surface area contributed by atoms with Gasteiger partial charge in [0.2, 0.25) is 0 Å². The van der Waals surface area contributed by atoms with Gasteiger partial charge in [0.25, 0.3) is 0 Å². The van der Waals surface area contributed by atoms with E-state index < -0.39 is 0 Å². The monoisotopic (exact) mass is 195 g/mol. The van der Waals surface area contributed by atoms with Gasteiger partial charge < -0.3 is 5.11 Å². The number of likely N-dealkylation sites (tertiary alicyclic amines) is 1. The van der Waals surface area contributed by atoms with Gasteiger partial charge in [0.15, 0.2) is 0 Å². The van der Waals surface area contributed by atoms with Gasteiger partial charge >= 0.3 is 0 Å². The Morgan fingerprint density at radius 2 is 1.79 bits per heavy atom. The highest BCUT2D eigenvalue weighted by atomic mass is 16.3. The topological polar surface area (TPSA) is 23.5 Å². The summed E-state index contributed by atoms with van der Waals surface area (Å²) < 4.78 is 0. The van der Waals surface area contributed by atoms with Gasteiger partial charge in [-0.05, 0) is 36.5 Å². The van der Waals surface area contributed by atoms with E-state index in [1.165, 1.54) is 25.9 Å². The Morgan fingerprint density at radius 1 is 1.14 bits per heavy atom. The van der Waals surface area contributed by atoms with Crippen LogP contribution in [0.3, 0.4) is 0 Å². The molecule has 2 saturated carbocycles. The van der Waals surface area contributed by atoms with Crippen molar-refractivity contribution in [1.29, 1.82) is 0 Å². The van der Waals surface area contributed by atoms with Gasteiger partial charge in [-0.2, -0.15) is 0 Å². The Labute approximate surface area is 86.3 Å². The first-order chi connectivity index (χ1) is 6.60. The van der Waals surface area contributed by atoms with Crippen molar-refractivity contribution in [3.8, 4) is 0 Å². The van der Waals surface area contributed by atoms with Crippen molar-refractivity contribution in [2.24, 2.45) is 17.3 Å². The third-order valence-corrected chi connectivity index (χ3v) is 5.06. The van der Waals surface area contributed by atoms with Crippen LogP contribution in [0, 0.1) is 17.3 Å². The molecule has 1 saturated heterocycles. The predicted molar refractivity (Wildman–Crippen MR) is 56.0 cm³/mol. The highest BCUT2D eigenvalue weighted by Crippen LogP contribution is 2.62. The van der Waals surface area contributed by atoms with Crippen molar-refractivity contribution in [2.45, 2.75) is 45.3 Å². The van der Waals surface area contributed by atoms with Crippen molar-refractivity contribution in [1.82, 2.24) is 4.90 Å². The standard InChI is InChI=1S/C12H21NO/c1-12(2)8-6-13(7-9(8)12)10-4-3-5-11(10)14/h8-11,14H,3-7H2,1-2H3/t8?,9?,10-,11-/m0/s1. The molecule has 0 aromatic carbocycles. The molecule has 2 unspecified atom stereocenters. The Balaban J connectivity index is 1.63. The van der Waals surface area contributed by atoms with Gasteiger partial charge in [-0.25, -0.2) is 0 Å². The van der Waals surface area contributed by atoms with Crippen LogP contribution in [0.5, 0.6) is 0 Å². The van der Waals surface area contributed by atoms with Gasteiger partial charge in [-0.15, -0.1) is 0 Å². The van der Waals surface area contributed by atoms with Crippen LogP contribution in [0.25, 0.3) is 0 Å². The van der Waals surface area contributed by atoms with E-state index in [4.69, 9.17) is 0 Å². The van der Waals surface area contributed by atoms with Crippen LogP contribution in [0.2, 0.25) is 0 Å². The molecule has 14 heavy (non-hydrogen) atoms. The summed E-state index contributed by atoms with van der Waals surface area (Å²) in [7, 11) is 0. The molecule has 1 aliphatic heterocycles. The molecule has 0 spiro atoms. The number of rotatable bonds is 1. The van der Waals surface area contributed by atoms with Gasteiger partial charge in [0.1, 0.15) is 0 Å². The van der Waals surface area contributed by atoms with Crippen molar-refractivity contribution in [2.75, 3.05) is 13.1 Å². The van der Waals surface area contributed by atoms with Crippen LogP contribution in [0.1, 0.15) is 33.1 Å². The molecule has 0 bridgehead atoms. The van der Waals surface area contributed by atoms with Crippen LogP contribution in [0.4, 0.5) is 0 Å². The zero-order valence-corrected chi connectivity index (χ0v) is 9.24. The molecular formula is C12H21NO. The van der Waals surface area contributed by atoms with Gasteiger partial charge in [0.05, 0.1) is 6.10 Å². The van der Waals surface area contributed by atoms with Crippen LogP contribution < -0.4 is 0 Å². The third-order valence-electron chi connectivity index (χ3n) is 5.06. The highest BCUT2D eigenvalue weighted by molar-refractivity contribution is 5.12. The minimum Gasteiger partial charge on any atom is -0.391 e. The number of aliphatic hydroxyl groups excluding tert-OH is 1. The van der Waals surface area contributed by atoms with Crippen molar-refractivity contribution >= 4 is 0 Å². The van der Waals surface area contributed by atoms with E-state index in [1.54, 1.807) is 0 Å². The summed E-state index contributed by atoms with van der Waals surface area (Å²) in [6.07, 6.45) is 3.44. The molecule has 2 heteroatoms. The summed E-state index contributed by atoms with van der Waals surface area (Å²) in [6.45, 7) is 7.29. The maximum absolute atomic E-state index is 9.84. The van der Waals surface area contributed by atoms with Gasteiger partial charge in [0, 0.05) is 19.1 Å². The second kappa shape index (κ2) is 2.73. The number of hydrogen-bond acceptors (Lipinski definition) is 2. The molecular weight excluding hydrogens is 174 g/mol. The SMILES string of the molecule is CC1(C)C2CN([C@H]3CCC[C@@H]3O)CC21. The molecule has 1 N–H and O–H groups in total. The summed E-state index contributed by atoms with van der Waals surface area (Å²) in [5, 5.41) is 9.84. The van der Waals surface area contributed by atoms with E-state index in [1.807, 2.05) is 0 Å². The van der Waals surface area contributed by atoms with Crippen molar-refractivity contribution < 1.29 is 5.11 Å². The molecule has 80 valence electrons. The predicted octanol–water partition coefficient (Wildman–Crippen LogP) is 1.49. The Hall–Kier alpha value is -0.0800. The van der Waals surface area contributed by atoms with Crippen LogP contribution in [-0.2, 0) is 0 Å². The Morgan fingerprint density at radius 3 is 2.29 bits per heavy atom. The largest absolute Gasteiger partial charge is 0.391 e. The van der Waals surface area contributed by atoms with E-state index in [9.17, 15) is 5.11 Å². The summed E-state index contributed by atoms with van der Waals surface area (Å²) in [4.78, 5) is 2.55. The fourth-order valence-corrected chi connectivity index (χ4v) is 3.78. The quantitative estimate of drug-likeness (QED) is 0.685. The number of nitrogens with zero attached hydrogens (tertiary/aromatic N) is 1. The zero-order valence-electron chi connectivity index (χ0n) is 9.24. The van der Waals surface area contributed by atoms with E-state index in [-0.39, 0.29) is 6.10 Å². The average Bonchev–Trinajstić information content (AvgIpc) is 2.61. The van der Waals surface area contributed by atoms with E-state index in [0.717, 1.165) is 18.3 Å². The molecule has 1 heterocycles. The first kappa shape index (κ1) is 9.17. The summed E-state index contributed by atoms with van der Waals surface area (Å²) >= 11 is 0. The second-order valence-electron chi connectivity index (χ2n) is 6.05.